The topological polar surface area (TPSA) is 12.0 Å². The lowest BCUT2D eigenvalue weighted by Gasteiger charge is -2.27. The van der Waals surface area contributed by atoms with Crippen LogP contribution in [-0.2, 0) is 0 Å². The zero-order valence-electron chi connectivity index (χ0n) is 10.3. The SMILES string of the molecule is CCC1CCNC(/C=C/c2cccc(Cl)c2)C1. The van der Waals surface area contributed by atoms with Gasteiger partial charge in [-0.3, -0.25) is 0 Å². The summed E-state index contributed by atoms with van der Waals surface area (Å²) in [6, 6.07) is 8.50. The molecule has 2 heteroatoms. The molecule has 92 valence electrons. The minimum absolute atomic E-state index is 0.521. The Balaban J connectivity index is 1.96. The first-order chi connectivity index (χ1) is 8.28. The van der Waals surface area contributed by atoms with Crippen LogP contribution in [0.1, 0.15) is 31.7 Å². The summed E-state index contributed by atoms with van der Waals surface area (Å²) < 4.78 is 0. The van der Waals surface area contributed by atoms with Crippen molar-refractivity contribution in [1.82, 2.24) is 5.32 Å². The molecule has 1 N–H and O–H groups in total. The number of hydrogen-bond acceptors (Lipinski definition) is 1. The second-order valence-electron chi connectivity index (χ2n) is 4.77. The molecule has 1 fully saturated rings. The summed E-state index contributed by atoms with van der Waals surface area (Å²) in [6.07, 6.45) is 8.31. The molecular formula is C15H20ClN. The maximum atomic E-state index is 5.96. The van der Waals surface area contributed by atoms with Gasteiger partial charge in [-0.2, -0.15) is 0 Å². The number of rotatable bonds is 3. The number of nitrogens with one attached hydrogen (secondary N) is 1. The van der Waals surface area contributed by atoms with Crippen molar-refractivity contribution < 1.29 is 0 Å². The van der Waals surface area contributed by atoms with Gasteiger partial charge in [0.1, 0.15) is 0 Å². The van der Waals surface area contributed by atoms with E-state index >= 15 is 0 Å². The second-order valence-corrected chi connectivity index (χ2v) is 5.21. The Kier molecular flexibility index (Phi) is 4.64. The Hall–Kier alpha value is -0.790. The molecule has 0 bridgehead atoms. The molecule has 2 rings (SSSR count). The highest BCUT2D eigenvalue weighted by Crippen LogP contribution is 2.20. The van der Waals surface area contributed by atoms with Crippen LogP contribution in [0.2, 0.25) is 5.02 Å². The van der Waals surface area contributed by atoms with Gasteiger partial charge in [0.15, 0.2) is 0 Å². The van der Waals surface area contributed by atoms with Crippen molar-refractivity contribution in [2.75, 3.05) is 6.54 Å². The number of hydrogen-bond donors (Lipinski definition) is 1. The first-order valence-corrected chi connectivity index (χ1v) is 6.83. The van der Waals surface area contributed by atoms with E-state index in [1.54, 1.807) is 0 Å². The van der Waals surface area contributed by atoms with Crippen molar-refractivity contribution in [2.24, 2.45) is 5.92 Å². The molecule has 1 nitrogen and oxygen atoms in total. The Morgan fingerprint density at radius 1 is 1.47 bits per heavy atom. The summed E-state index contributed by atoms with van der Waals surface area (Å²) in [5.74, 6) is 0.880. The molecule has 0 radical (unpaired) electrons. The standard InChI is InChI=1S/C15H20ClN/c1-2-12-8-9-17-15(11-12)7-6-13-4-3-5-14(16)10-13/h3-7,10,12,15,17H,2,8-9,11H2,1H3/b7-6+. The quantitative estimate of drug-likeness (QED) is 0.849. The number of benzene rings is 1. The van der Waals surface area contributed by atoms with Gasteiger partial charge in [-0.1, -0.05) is 49.2 Å². The van der Waals surface area contributed by atoms with Gasteiger partial charge in [0.25, 0.3) is 0 Å². The van der Waals surface area contributed by atoms with E-state index in [2.05, 4.69) is 30.5 Å². The molecule has 1 aromatic rings. The first kappa shape index (κ1) is 12.7. The highest BCUT2D eigenvalue weighted by molar-refractivity contribution is 6.30. The van der Waals surface area contributed by atoms with Crippen molar-refractivity contribution >= 4 is 17.7 Å². The van der Waals surface area contributed by atoms with Crippen LogP contribution in [0.15, 0.2) is 30.3 Å². The monoisotopic (exact) mass is 249 g/mol. The lowest BCUT2D eigenvalue weighted by molar-refractivity contribution is 0.326. The molecule has 1 aliphatic rings. The molecule has 2 unspecified atom stereocenters. The van der Waals surface area contributed by atoms with Crippen LogP contribution in [0.5, 0.6) is 0 Å². The Bertz CT molecular complexity index is 386. The van der Waals surface area contributed by atoms with E-state index in [9.17, 15) is 0 Å². The van der Waals surface area contributed by atoms with Crippen LogP contribution >= 0.6 is 11.6 Å². The Morgan fingerprint density at radius 3 is 3.12 bits per heavy atom. The summed E-state index contributed by atoms with van der Waals surface area (Å²) in [4.78, 5) is 0. The van der Waals surface area contributed by atoms with Crippen LogP contribution in [0.4, 0.5) is 0 Å². The van der Waals surface area contributed by atoms with Crippen LogP contribution in [0.25, 0.3) is 6.08 Å². The fraction of sp³-hybridized carbons (Fsp3) is 0.467. The van der Waals surface area contributed by atoms with Gasteiger partial charge in [-0.25, -0.2) is 0 Å². The molecule has 0 aromatic heterocycles. The van der Waals surface area contributed by atoms with Crippen LogP contribution in [0, 0.1) is 5.92 Å². The average Bonchev–Trinajstić information content (AvgIpc) is 2.37. The maximum absolute atomic E-state index is 5.96. The molecule has 1 aliphatic heterocycles. The fourth-order valence-corrected chi connectivity index (χ4v) is 2.59. The molecule has 0 aliphatic carbocycles. The third kappa shape index (κ3) is 3.86. The van der Waals surface area contributed by atoms with Crippen molar-refractivity contribution in [3.8, 4) is 0 Å². The molecular weight excluding hydrogens is 230 g/mol. The lowest BCUT2D eigenvalue weighted by Crippen LogP contribution is -2.36. The predicted molar refractivity (Wildman–Crippen MR) is 75.3 cm³/mol. The molecule has 17 heavy (non-hydrogen) atoms. The minimum Gasteiger partial charge on any atom is -0.310 e. The normalized spacial score (nSPS) is 25.3. The van der Waals surface area contributed by atoms with E-state index in [-0.39, 0.29) is 0 Å². The summed E-state index contributed by atoms with van der Waals surface area (Å²) in [5.41, 5.74) is 1.18. The molecule has 0 amide bonds. The van der Waals surface area contributed by atoms with E-state index in [4.69, 9.17) is 11.6 Å². The van der Waals surface area contributed by atoms with E-state index in [0.717, 1.165) is 17.5 Å². The number of piperidine rings is 1. The van der Waals surface area contributed by atoms with Gasteiger partial charge >= 0.3 is 0 Å². The molecule has 1 heterocycles. The van der Waals surface area contributed by atoms with Crippen molar-refractivity contribution in [3.63, 3.8) is 0 Å². The molecule has 0 spiro atoms. The number of halogens is 1. The molecule has 2 atom stereocenters. The largest absolute Gasteiger partial charge is 0.310 e. The van der Waals surface area contributed by atoms with E-state index in [1.165, 1.54) is 24.8 Å². The zero-order chi connectivity index (χ0) is 12.1. The summed E-state index contributed by atoms with van der Waals surface area (Å²) in [6.45, 7) is 3.43. The summed E-state index contributed by atoms with van der Waals surface area (Å²) in [7, 11) is 0. The third-order valence-electron chi connectivity index (χ3n) is 3.49. The van der Waals surface area contributed by atoms with Gasteiger partial charge in [0, 0.05) is 11.1 Å². The van der Waals surface area contributed by atoms with E-state index in [1.807, 2.05) is 18.2 Å². The molecule has 1 aromatic carbocycles. The van der Waals surface area contributed by atoms with Crippen LogP contribution in [-0.4, -0.2) is 12.6 Å². The Labute approximate surface area is 109 Å². The summed E-state index contributed by atoms with van der Waals surface area (Å²) >= 11 is 5.96. The summed E-state index contributed by atoms with van der Waals surface area (Å²) in [5, 5.41) is 4.35. The van der Waals surface area contributed by atoms with Gasteiger partial charge in [-0.05, 0) is 43.0 Å². The van der Waals surface area contributed by atoms with Gasteiger partial charge in [0.05, 0.1) is 0 Å². The van der Waals surface area contributed by atoms with Crippen molar-refractivity contribution in [3.05, 3.63) is 40.9 Å². The van der Waals surface area contributed by atoms with Crippen molar-refractivity contribution in [1.29, 1.82) is 0 Å². The minimum atomic E-state index is 0.521. The first-order valence-electron chi connectivity index (χ1n) is 6.45. The highest BCUT2D eigenvalue weighted by Gasteiger charge is 2.17. The molecule has 1 saturated heterocycles. The van der Waals surface area contributed by atoms with Gasteiger partial charge in [0.2, 0.25) is 0 Å². The van der Waals surface area contributed by atoms with Crippen molar-refractivity contribution in [2.45, 2.75) is 32.2 Å². The lowest BCUT2D eigenvalue weighted by atomic mass is 9.90. The van der Waals surface area contributed by atoms with E-state index < -0.39 is 0 Å². The Morgan fingerprint density at radius 2 is 2.35 bits per heavy atom. The molecule has 0 saturated carbocycles. The zero-order valence-corrected chi connectivity index (χ0v) is 11.1. The predicted octanol–water partition coefficient (Wildman–Crippen LogP) is 4.13. The fourth-order valence-electron chi connectivity index (χ4n) is 2.39. The maximum Gasteiger partial charge on any atom is 0.0411 e. The highest BCUT2D eigenvalue weighted by atomic mass is 35.5. The van der Waals surface area contributed by atoms with Crippen LogP contribution < -0.4 is 5.32 Å². The smallest absolute Gasteiger partial charge is 0.0411 e. The van der Waals surface area contributed by atoms with Crippen LogP contribution in [0.3, 0.4) is 0 Å². The second kappa shape index (κ2) is 6.23. The average molecular weight is 250 g/mol. The third-order valence-corrected chi connectivity index (χ3v) is 3.73. The van der Waals surface area contributed by atoms with E-state index in [0.29, 0.717) is 6.04 Å². The van der Waals surface area contributed by atoms with Gasteiger partial charge < -0.3 is 5.32 Å². The van der Waals surface area contributed by atoms with Gasteiger partial charge in [-0.15, -0.1) is 0 Å².